The Labute approximate surface area is 168 Å². The molecule has 27 heavy (non-hydrogen) atoms. The molecule has 0 fully saturated rings. The van der Waals surface area contributed by atoms with E-state index in [4.69, 9.17) is 0 Å². The lowest BCUT2D eigenvalue weighted by Gasteiger charge is -2.13. The predicted octanol–water partition coefficient (Wildman–Crippen LogP) is 5.19. The number of carbonyl (C=O) groups is 1. The molecule has 1 N–H and O–H groups in total. The van der Waals surface area contributed by atoms with Crippen molar-refractivity contribution in [3.63, 3.8) is 0 Å². The number of nitrogens with zero attached hydrogens (tertiary/aromatic N) is 3. The summed E-state index contributed by atoms with van der Waals surface area (Å²) in [5, 5.41) is 14.6. The SMILES string of the molecule is CCc1cc(-c2nnc(SCC(=O)Nc3cccc(C)c3)n2C(C)C)cs1. The van der Waals surface area contributed by atoms with E-state index in [-0.39, 0.29) is 11.9 Å². The maximum atomic E-state index is 12.3. The molecule has 142 valence electrons. The van der Waals surface area contributed by atoms with E-state index in [1.807, 2.05) is 31.2 Å². The van der Waals surface area contributed by atoms with Gasteiger partial charge in [-0.1, -0.05) is 30.8 Å². The van der Waals surface area contributed by atoms with Gasteiger partial charge in [-0.15, -0.1) is 21.5 Å². The van der Waals surface area contributed by atoms with E-state index < -0.39 is 0 Å². The average Bonchev–Trinajstić information content (AvgIpc) is 3.26. The van der Waals surface area contributed by atoms with Crippen LogP contribution in [0.4, 0.5) is 5.69 Å². The molecule has 0 bridgehead atoms. The Kier molecular flexibility index (Phi) is 6.34. The van der Waals surface area contributed by atoms with Crippen LogP contribution >= 0.6 is 23.1 Å². The van der Waals surface area contributed by atoms with E-state index in [2.05, 4.69) is 52.3 Å². The highest BCUT2D eigenvalue weighted by molar-refractivity contribution is 7.99. The number of nitrogens with one attached hydrogen (secondary N) is 1. The molecule has 0 saturated carbocycles. The summed E-state index contributed by atoms with van der Waals surface area (Å²) in [6.45, 7) is 8.37. The number of rotatable bonds is 7. The summed E-state index contributed by atoms with van der Waals surface area (Å²) in [7, 11) is 0. The van der Waals surface area contributed by atoms with Gasteiger partial charge < -0.3 is 5.32 Å². The lowest BCUT2D eigenvalue weighted by molar-refractivity contribution is -0.113. The van der Waals surface area contributed by atoms with Crippen LogP contribution in [0.1, 0.15) is 37.3 Å². The van der Waals surface area contributed by atoms with E-state index >= 15 is 0 Å². The van der Waals surface area contributed by atoms with E-state index in [1.54, 1.807) is 11.3 Å². The summed E-state index contributed by atoms with van der Waals surface area (Å²) >= 11 is 3.16. The van der Waals surface area contributed by atoms with Crippen molar-refractivity contribution in [3.05, 3.63) is 46.2 Å². The van der Waals surface area contributed by atoms with Crippen LogP contribution in [-0.4, -0.2) is 26.4 Å². The third-order valence-electron chi connectivity index (χ3n) is 4.08. The number of hydrogen-bond acceptors (Lipinski definition) is 5. The van der Waals surface area contributed by atoms with E-state index in [0.717, 1.165) is 34.2 Å². The second kappa shape index (κ2) is 8.71. The van der Waals surface area contributed by atoms with Crippen molar-refractivity contribution in [2.75, 3.05) is 11.1 Å². The standard InChI is InChI=1S/C20H24N4OS2/c1-5-17-10-15(11-26-17)19-22-23-20(24(19)13(2)3)27-12-18(25)21-16-8-6-7-14(4)9-16/h6-11,13H,5,12H2,1-4H3,(H,21,25). The Morgan fingerprint density at radius 1 is 1.30 bits per heavy atom. The Hall–Kier alpha value is -2.12. The molecular formula is C20H24N4OS2. The van der Waals surface area contributed by atoms with Crippen molar-refractivity contribution >= 4 is 34.7 Å². The Balaban J connectivity index is 1.72. The van der Waals surface area contributed by atoms with Gasteiger partial charge in [0.2, 0.25) is 5.91 Å². The third kappa shape index (κ3) is 4.78. The summed E-state index contributed by atoms with van der Waals surface area (Å²) in [5.41, 5.74) is 3.03. The summed E-state index contributed by atoms with van der Waals surface area (Å²) in [6.07, 6.45) is 1.02. The fourth-order valence-corrected chi connectivity index (χ4v) is 4.45. The number of benzene rings is 1. The molecule has 1 amide bonds. The molecule has 0 aliphatic heterocycles. The summed E-state index contributed by atoms with van der Waals surface area (Å²) < 4.78 is 2.10. The number of carbonyl (C=O) groups excluding carboxylic acids is 1. The van der Waals surface area contributed by atoms with Crippen molar-refractivity contribution in [2.24, 2.45) is 0 Å². The van der Waals surface area contributed by atoms with Crippen LogP contribution in [0.2, 0.25) is 0 Å². The third-order valence-corrected chi connectivity index (χ3v) is 6.10. The van der Waals surface area contributed by atoms with E-state index in [9.17, 15) is 4.79 Å². The van der Waals surface area contributed by atoms with Crippen molar-refractivity contribution in [1.29, 1.82) is 0 Å². The van der Waals surface area contributed by atoms with Crippen LogP contribution in [-0.2, 0) is 11.2 Å². The first-order valence-electron chi connectivity index (χ1n) is 9.00. The fourth-order valence-electron chi connectivity index (χ4n) is 2.77. The Bertz CT molecular complexity index is 930. The topological polar surface area (TPSA) is 59.8 Å². The number of amides is 1. The van der Waals surface area contributed by atoms with E-state index in [1.165, 1.54) is 16.6 Å². The highest BCUT2D eigenvalue weighted by Crippen LogP contribution is 2.30. The molecule has 2 heterocycles. The first-order chi connectivity index (χ1) is 13.0. The number of aryl methyl sites for hydroxylation is 2. The highest BCUT2D eigenvalue weighted by atomic mass is 32.2. The number of thioether (sulfide) groups is 1. The van der Waals surface area contributed by atoms with Crippen molar-refractivity contribution < 1.29 is 4.79 Å². The molecule has 0 aliphatic rings. The molecule has 0 atom stereocenters. The first kappa shape index (κ1) is 19.6. The van der Waals surface area contributed by atoms with Gasteiger partial charge in [0.25, 0.3) is 0 Å². The van der Waals surface area contributed by atoms with Crippen LogP contribution in [0.25, 0.3) is 11.4 Å². The van der Waals surface area contributed by atoms with Gasteiger partial charge in [-0.2, -0.15) is 0 Å². The van der Waals surface area contributed by atoms with Crippen LogP contribution in [0.3, 0.4) is 0 Å². The predicted molar refractivity (Wildman–Crippen MR) is 114 cm³/mol. The second-order valence-electron chi connectivity index (χ2n) is 6.63. The van der Waals surface area contributed by atoms with Crippen molar-refractivity contribution in [1.82, 2.24) is 14.8 Å². The molecule has 3 rings (SSSR count). The zero-order valence-corrected chi connectivity index (χ0v) is 17.7. The minimum atomic E-state index is -0.0470. The molecule has 0 spiro atoms. The highest BCUT2D eigenvalue weighted by Gasteiger charge is 2.18. The molecule has 2 aromatic heterocycles. The first-order valence-corrected chi connectivity index (χ1v) is 10.9. The molecule has 0 saturated heterocycles. The molecule has 5 nitrogen and oxygen atoms in total. The lowest BCUT2D eigenvalue weighted by Crippen LogP contribution is -2.15. The van der Waals surface area contributed by atoms with Crippen molar-refractivity contribution in [3.8, 4) is 11.4 Å². The van der Waals surface area contributed by atoms with Gasteiger partial charge in [-0.3, -0.25) is 9.36 Å². The van der Waals surface area contributed by atoms with Crippen LogP contribution in [0.5, 0.6) is 0 Å². The average molecular weight is 401 g/mol. The number of hydrogen-bond donors (Lipinski definition) is 1. The number of anilines is 1. The quantitative estimate of drug-likeness (QED) is 0.555. The zero-order chi connectivity index (χ0) is 19.4. The summed E-state index contributed by atoms with van der Waals surface area (Å²) in [4.78, 5) is 13.6. The molecule has 1 aromatic carbocycles. The van der Waals surface area contributed by atoms with Gasteiger partial charge in [0.1, 0.15) is 0 Å². The molecular weight excluding hydrogens is 376 g/mol. The summed E-state index contributed by atoms with van der Waals surface area (Å²) in [5.74, 6) is 1.11. The molecule has 0 aliphatic carbocycles. The summed E-state index contributed by atoms with van der Waals surface area (Å²) in [6, 6.07) is 10.2. The number of thiophene rings is 1. The van der Waals surface area contributed by atoms with Gasteiger partial charge in [-0.05, 0) is 51.0 Å². The van der Waals surface area contributed by atoms with Crippen LogP contribution in [0.15, 0.2) is 40.9 Å². The molecule has 3 aromatic rings. The smallest absolute Gasteiger partial charge is 0.234 e. The largest absolute Gasteiger partial charge is 0.325 e. The van der Waals surface area contributed by atoms with Gasteiger partial charge in [0.15, 0.2) is 11.0 Å². The number of aromatic nitrogens is 3. The fraction of sp³-hybridized carbons (Fsp3) is 0.350. The monoisotopic (exact) mass is 400 g/mol. The van der Waals surface area contributed by atoms with Crippen molar-refractivity contribution in [2.45, 2.75) is 45.3 Å². The van der Waals surface area contributed by atoms with Crippen LogP contribution in [0, 0.1) is 6.92 Å². The minimum absolute atomic E-state index is 0.0470. The Morgan fingerprint density at radius 2 is 2.11 bits per heavy atom. The van der Waals surface area contributed by atoms with Gasteiger partial charge >= 0.3 is 0 Å². The Morgan fingerprint density at radius 3 is 2.78 bits per heavy atom. The van der Waals surface area contributed by atoms with Crippen LogP contribution < -0.4 is 5.32 Å². The molecule has 0 radical (unpaired) electrons. The van der Waals surface area contributed by atoms with E-state index in [0.29, 0.717) is 5.75 Å². The van der Waals surface area contributed by atoms with Gasteiger partial charge in [0, 0.05) is 27.5 Å². The maximum Gasteiger partial charge on any atom is 0.234 e. The lowest BCUT2D eigenvalue weighted by atomic mass is 10.2. The molecule has 7 heteroatoms. The molecule has 0 unspecified atom stereocenters. The normalized spacial score (nSPS) is 11.1. The zero-order valence-electron chi connectivity index (χ0n) is 16.0. The van der Waals surface area contributed by atoms with Gasteiger partial charge in [-0.25, -0.2) is 0 Å². The second-order valence-corrected chi connectivity index (χ2v) is 8.57. The maximum absolute atomic E-state index is 12.3. The van der Waals surface area contributed by atoms with Gasteiger partial charge in [0.05, 0.1) is 5.75 Å². The minimum Gasteiger partial charge on any atom is -0.325 e.